The Balaban J connectivity index is 2.32. The molecule has 2 rings (SSSR count). The maximum atomic E-state index is 13.3. The van der Waals surface area contributed by atoms with Gasteiger partial charge in [0.1, 0.15) is 11.4 Å². The fourth-order valence-corrected chi connectivity index (χ4v) is 2.45. The Labute approximate surface area is 121 Å². The summed E-state index contributed by atoms with van der Waals surface area (Å²) in [6, 6.07) is 13.0. The Morgan fingerprint density at radius 2 is 1.84 bits per heavy atom. The lowest BCUT2D eigenvalue weighted by molar-refractivity contribution is 0.0611. The lowest BCUT2D eigenvalue weighted by Gasteiger charge is -2.26. The van der Waals surface area contributed by atoms with Gasteiger partial charge in [0.25, 0.3) is 0 Å². The third-order valence-corrected chi connectivity index (χ3v) is 3.65. The molecule has 2 aromatic carbocycles. The number of rotatable bonds is 4. The lowest BCUT2D eigenvalue weighted by Crippen LogP contribution is -2.30. The molecule has 0 radical (unpaired) electrons. The van der Waals surface area contributed by atoms with Crippen LogP contribution in [0.1, 0.15) is 11.1 Å². The van der Waals surface area contributed by atoms with Gasteiger partial charge in [-0.2, -0.15) is 0 Å². The van der Waals surface area contributed by atoms with Crippen LogP contribution in [-0.4, -0.2) is 11.0 Å². The highest BCUT2D eigenvalue weighted by Gasteiger charge is 2.29. The van der Waals surface area contributed by atoms with Gasteiger partial charge in [0.15, 0.2) is 0 Å². The zero-order chi connectivity index (χ0) is 13.9. The molecule has 1 atom stereocenters. The average molecular weight is 299 g/mol. The number of aliphatic hydroxyl groups is 1. The van der Waals surface area contributed by atoms with Crippen LogP contribution in [0.4, 0.5) is 4.39 Å². The van der Waals surface area contributed by atoms with Crippen LogP contribution in [0.3, 0.4) is 0 Å². The molecule has 2 aromatic rings. The molecule has 1 N–H and O–H groups in total. The summed E-state index contributed by atoms with van der Waals surface area (Å²) in [5.74, 6) is -0.421. The van der Waals surface area contributed by atoms with E-state index in [0.717, 1.165) is 5.56 Å². The molecule has 0 saturated heterocycles. The minimum absolute atomic E-state index is 0.0248. The van der Waals surface area contributed by atoms with E-state index in [0.29, 0.717) is 10.6 Å². The van der Waals surface area contributed by atoms with Crippen LogP contribution < -0.4 is 0 Å². The highest BCUT2D eigenvalue weighted by atomic mass is 35.5. The third kappa shape index (κ3) is 3.47. The summed E-state index contributed by atoms with van der Waals surface area (Å²) >= 11 is 11.8. The van der Waals surface area contributed by atoms with Gasteiger partial charge in [-0.25, -0.2) is 4.39 Å². The molecule has 100 valence electrons. The minimum Gasteiger partial charge on any atom is -0.384 e. The van der Waals surface area contributed by atoms with Gasteiger partial charge < -0.3 is 5.11 Å². The molecular weight excluding hydrogens is 286 g/mol. The fraction of sp³-hybridized carbons (Fsp3) is 0.200. The second-order valence-corrected chi connectivity index (χ2v) is 5.19. The molecule has 0 aliphatic carbocycles. The van der Waals surface area contributed by atoms with Gasteiger partial charge in [-0.1, -0.05) is 35.9 Å². The summed E-state index contributed by atoms with van der Waals surface area (Å²) in [6.07, 6.45) is 0.278. The van der Waals surface area contributed by atoms with E-state index in [2.05, 4.69) is 0 Å². The molecule has 1 unspecified atom stereocenters. The van der Waals surface area contributed by atoms with Gasteiger partial charge in [0.2, 0.25) is 0 Å². The van der Waals surface area contributed by atoms with E-state index >= 15 is 0 Å². The number of halogens is 3. The monoisotopic (exact) mass is 298 g/mol. The first kappa shape index (κ1) is 14.3. The van der Waals surface area contributed by atoms with E-state index in [1.54, 1.807) is 30.3 Å². The molecule has 0 heterocycles. The van der Waals surface area contributed by atoms with Crippen molar-refractivity contribution in [3.63, 3.8) is 0 Å². The predicted molar refractivity (Wildman–Crippen MR) is 76.2 cm³/mol. The quantitative estimate of drug-likeness (QED) is 0.841. The molecule has 0 aliphatic heterocycles. The SMILES string of the molecule is OC(CCl)(Cc1cccc(Cl)c1)c1cccc(F)c1. The summed E-state index contributed by atoms with van der Waals surface area (Å²) in [4.78, 5) is 0. The topological polar surface area (TPSA) is 20.2 Å². The Bertz CT molecular complexity index is 574. The van der Waals surface area contributed by atoms with Crippen LogP contribution in [0, 0.1) is 5.82 Å². The Kier molecular flexibility index (Phi) is 4.46. The maximum Gasteiger partial charge on any atom is 0.123 e. The van der Waals surface area contributed by atoms with Crippen molar-refractivity contribution in [1.29, 1.82) is 0 Å². The number of hydrogen-bond acceptors (Lipinski definition) is 1. The van der Waals surface area contributed by atoms with Crippen molar-refractivity contribution in [2.45, 2.75) is 12.0 Å². The van der Waals surface area contributed by atoms with Crippen LogP contribution in [0.25, 0.3) is 0 Å². The van der Waals surface area contributed by atoms with Gasteiger partial charge >= 0.3 is 0 Å². The first-order valence-electron chi connectivity index (χ1n) is 5.82. The molecule has 0 aliphatic rings. The average Bonchev–Trinajstić information content (AvgIpc) is 2.38. The van der Waals surface area contributed by atoms with Crippen molar-refractivity contribution < 1.29 is 9.50 Å². The van der Waals surface area contributed by atoms with Gasteiger partial charge in [-0.3, -0.25) is 0 Å². The van der Waals surface area contributed by atoms with Crippen molar-refractivity contribution in [1.82, 2.24) is 0 Å². The van der Waals surface area contributed by atoms with Gasteiger partial charge in [0.05, 0.1) is 5.88 Å². The Morgan fingerprint density at radius 1 is 1.11 bits per heavy atom. The zero-order valence-electron chi connectivity index (χ0n) is 10.1. The van der Waals surface area contributed by atoms with E-state index in [4.69, 9.17) is 23.2 Å². The standard InChI is InChI=1S/C15H13Cl2FO/c16-10-15(19,12-4-2-6-14(18)8-12)9-11-3-1-5-13(17)7-11/h1-8,19H,9-10H2. The zero-order valence-corrected chi connectivity index (χ0v) is 11.6. The van der Waals surface area contributed by atoms with Crippen molar-refractivity contribution in [2.75, 3.05) is 5.88 Å². The minimum atomic E-state index is -1.31. The summed E-state index contributed by atoms with van der Waals surface area (Å²) in [6.45, 7) is 0. The van der Waals surface area contributed by atoms with Gasteiger partial charge in [0, 0.05) is 11.4 Å². The van der Waals surface area contributed by atoms with E-state index in [-0.39, 0.29) is 12.3 Å². The van der Waals surface area contributed by atoms with E-state index in [1.165, 1.54) is 12.1 Å². The predicted octanol–water partition coefficient (Wildman–Crippen LogP) is 4.15. The van der Waals surface area contributed by atoms with E-state index < -0.39 is 11.4 Å². The summed E-state index contributed by atoms with van der Waals surface area (Å²) in [5, 5.41) is 11.2. The molecule has 4 heteroatoms. The molecule has 1 nitrogen and oxygen atoms in total. The van der Waals surface area contributed by atoms with E-state index in [9.17, 15) is 9.50 Å². The fourth-order valence-electron chi connectivity index (χ4n) is 1.99. The Hall–Kier alpha value is -1.09. The second kappa shape index (κ2) is 5.91. The second-order valence-electron chi connectivity index (χ2n) is 4.48. The van der Waals surface area contributed by atoms with Crippen LogP contribution in [-0.2, 0) is 12.0 Å². The molecule has 0 saturated carbocycles. The molecule has 0 fully saturated rings. The highest BCUT2D eigenvalue weighted by Crippen LogP contribution is 2.28. The summed E-state index contributed by atoms with van der Waals surface area (Å²) in [5.41, 5.74) is -0.00341. The van der Waals surface area contributed by atoms with Crippen molar-refractivity contribution in [2.24, 2.45) is 0 Å². The molecule has 19 heavy (non-hydrogen) atoms. The van der Waals surface area contributed by atoms with Crippen molar-refractivity contribution >= 4 is 23.2 Å². The largest absolute Gasteiger partial charge is 0.384 e. The van der Waals surface area contributed by atoms with Gasteiger partial charge in [-0.05, 0) is 35.4 Å². The van der Waals surface area contributed by atoms with Gasteiger partial charge in [-0.15, -0.1) is 11.6 Å². The number of benzene rings is 2. The van der Waals surface area contributed by atoms with Crippen molar-refractivity contribution in [3.8, 4) is 0 Å². The Morgan fingerprint density at radius 3 is 2.47 bits per heavy atom. The van der Waals surface area contributed by atoms with Crippen LogP contribution in [0.5, 0.6) is 0 Å². The number of hydrogen-bond donors (Lipinski definition) is 1. The first-order chi connectivity index (χ1) is 9.03. The van der Waals surface area contributed by atoms with E-state index in [1.807, 2.05) is 6.07 Å². The molecular formula is C15H13Cl2FO. The van der Waals surface area contributed by atoms with Crippen LogP contribution in [0.15, 0.2) is 48.5 Å². The molecule has 0 amide bonds. The smallest absolute Gasteiger partial charge is 0.123 e. The lowest BCUT2D eigenvalue weighted by atomic mass is 9.89. The van der Waals surface area contributed by atoms with Crippen molar-refractivity contribution in [3.05, 3.63) is 70.5 Å². The first-order valence-corrected chi connectivity index (χ1v) is 6.73. The maximum absolute atomic E-state index is 13.3. The van der Waals surface area contributed by atoms with Crippen LogP contribution in [0.2, 0.25) is 5.02 Å². The summed E-state index contributed by atoms with van der Waals surface area (Å²) in [7, 11) is 0. The molecule has 0 bridgehead atoms. The van der Waals surface area contributed by atoms with Crippen LogP contribution >= 0.6 is 23.2 Å². The molecule has 0 spiro atoms. The normalized spacial score (nSPS) is 14.1. The summed E-state index contributed by atoms with van der Waals surface area (Å²) < 4.78 is 13.3. The third-order valence-electron chi connectivity index (χ3n) is 2.97. The molecule has 0 aromatic heterocycles. The number of alkyl halides is 1. The highest BCUT2D eigenvalue weighted by molar-refractivity contribution is 6.30.